The van der Waals surface area contributed by atoms with Crippen LogP contribution in [0.4, 0.5) is 11.4 Å². The van der Waals surface area contributed by atoms with Gasteiger partial charge in [-0.15, -0.1) is 12.3 Å². The number of rotatable bonds is 20. The zero-order chi connectivity index (χ0) is 55.8. The maximum Gasteiger partial charge on any atom is 0.295 e. The highest BCUT2D eigenvalue weighted by molar-refractivity contribution is 7.86. The van der Waals surface area contributed by atoms with E-state index in [0.29, 0.717) is 55.0 Å². The number of hydrogen-bond donors (Lipinski definition) is 3. The van der Waals surface area contributed by atoms with Crippen LogP contribution < -0.4 is 4.90 Å². The number of allylic oxidation sites excluding steroid dienone is 8. The number of unbranched alkanes of at least 4 members (excludes halogenated alkanes) is 3. The van der Waals surface area contributed by atoms with Gasteiger partial charge in [-0.25, -0.2) is 0 Å². The monoisotopic (exact) mass is 1100 g/mol. The van der Waals surface area contributed by atoms with Crippen molar-refractivity contribution in [2.24, 2.45) is 0 Å². The third-order valence-corrected chi connectivity index (χ3v) is 18.2. The van der Waals surface area contributed by atoms with Crippen LogP contribution in [0.2, 0.25) is 0 Å². The number of carbonyl (C=O) groups excluding carboxylic acids is 1. The topological polar surface area (TPSA) is 186 Å². The summed E-state index contributed by atoms with van der Waals surface area (Å²) in [5.74, 6) is 2.29. The Morgan fingerprint density at radius 1 is 0.753 bits per heavy atom. The lowest BCUT2D eigenvalue weighted by molar-refractivity contribution is -0.438. The largest absolute Gasteiger partial charge is 0.344 e. The molecule has 406 valence electrons. The number of carbonyl (C=O) groups is 1. The first-order valence-corrected chi connectivity index (χ1v) is 31.1. The molecule has 0 amide bonds. The highest BCUT2D eigenvalue weighted by atomic mass is 32.2. The van der Waals surface area contributed by atoms with Gasteiger partial charge in [-0.05, 0) is 170 Å². The van der Waals surface area contributed by atoms with E-state index in [-0.39, 0.29) is 27.7 Å². The van der Waals surface area contributed by atoms with E-state index in [1.807, 2.05) is 25.1 Å². The van der Waals surface area contributed by atoms with Crippen LogP contribution in [0.25, 0.3) is 27.1 Å². The quantitative estimate of drug-likeness (QED) is 0.0291. The molecule has 3 aliphatic rings. The lowest BCUT2D eigenvalue weighted by Crippen LogP contribution is -2.28. The number of nitrogens with zero attached hydrogens (tertiary/aromatic N) is 2. The summed E-state index contributed by atoms with van der Waals surface area (Å²) in [5.41, 5.74) is 11.1. The standard InChI is InChI=1S/C62H70N2O10S3/c1-9-11-13-34-63-53-30-28-49-42(4)39-48(76(69,70)71)40-52(49)60(53)62(7,8)57(63)33-26-45-18-16-17-44(58(45)46-23-20-43(21-24-46)22-27-47(65)19-12-10-2)25-32-56-61(5,6)59-51-37-41(3)38-55(77(72,73)74)50(51)29-31-54(59)64(56)35-14-15-36-75(66,67)68/h2,20-21,23-26,28-33,37-40H,9,11-19,22,27,34-36H2,1,3-8H3,(H2-,66,67,68,69,70,71,72,73,74)/p+1. The van der Waals surface area contributed by atoms with Crippen molar-refractivity contribution in [3.63, 3.8) is 0 Å². The predicted molar refractivity (Wildman–Crippen MR) is 309 cm³/mol. The van der Waals surface area contributed by atoms with Crippen LogP contribution in [0.1, 0.15) is 139 Å². The molecule has 0 fully saturated rings. The highest BCUT2D eigenvalue weighted by Gasteiger charge is 2.46. The van der Waals surface area contributed by atoms with Crippen molar-refractivity contribution in [3.05, 3.63) is 147 Å². The Hall–Kier alpha value is -5.99. The van der Waals surface area contributed by atoms with Crippen molar-refractivity contribution in [3.8, 4) is 12.3 Å². The molecule has 12 nitrogen and oxygen atoms in total. The van der Waals surface area contributed by atoms with Gasteiger partial charge < -0.3 is 4.90 Å². The third kappa shape index (κ3) is 12.0. The lowest BCUT2D eigenvalue weighted by Gasteiger charge is -2.28. The molecule has 2 aliphatic heterocycles. The second-order valence-electron chi connectivity index (χ2n) is 22.0. The van der Waals surface area contributed by atoms with Crippen molar-refractivity contribution < 1.29 is 48.3 Å². The van der Waals surface area contributed by atoms with Crippen LogP contribution >= 0.6 is 0 Å². The number of Topliss-reactive ketones (excluding diaryl/α,β-unsaturated/α-hetero) is 1. The first-order chi connectivity index (χ1) is 36.3. The van der Waals surface area contributed by atoms with Gasteiger partial charge in [-0.3, -0.25) is 18.5 Å². The van der Waals surface area contributed by atoms with Crippen molar-refractivity contribution in [1.29, 1.82) is 0 Å². The fourth-order valence-electron chi connectivity index (χ4n) is 12.0. The van der Waals surface area contributed by atoms with Gasteiger partial charge in [0.2, 0.25) is 5.69 Å². The maximum absolute atomic E-state index is 12.8. The van der Waals surface area contributed by atoms with Gasteiger partial charge in [0.15, 0.2) is 5.71 Å². The van der Waals surface area contributed by atoms with Crippen LogP contribution in [0.5, 0.6) is 0 Å². The van der Waals surface area contributed by atoms with E-state index in [0.717, 1.165) is 123 Å². The number of aryl methyl sites for hydroxylation is 3. The third-order valence-electron chi connectivity index (χ3n) is 15.7. The zero-order valence-corrected chi connectivity index (χ0v) is 47.7. The van der Waals surface area contributed by atoms with Gasteiger partial charge in [0.25, 0.3) is 30.4 Å². The summed E-state index contributed by atoms with van der Waals surface area (Å²) >= 11 is 0. The Morgan fingerprint density at radius 2 is 1.47 bits per heavy atom. The molecule has 0 bridgehead atoms. The fourth-order valence-corrected chi connectivity index (χ4v) is 14.0. The Bertz CT molecular complexity index is 3760. The molecule has 5 aromatic rings. The summed E-state index contributed by atoms with van der Waals surface area (Å²) in [6, 6.07) is 22.7. The fraction of sp³-hybridized carbons (Fsp3) is 0.387. The molecule has 77 heavy (non-hydrogen) atoms. The molecule has 15 heteroatoms. The van der Waals surface area contributed by atoms with Crippen LogP contribution in [0, 0.1) is 26.2 Å². The molecule has 2 heterocycles. The van der Waals surface area contributed by atoms with Crippen molar-refractivity contribution in [1.82, 2.24) is 0 Å². The average Bonchev–Trinajstić information content (AvgIpc) is 3.79. The number of terminal acetylenes is 1. The van der Waals surface area contributed by atoms with Gasteiger partial charge in [-0.2, -0.15) is 29.8 Å². The molecule has 8 rings (SSSR count). The minimum Gasteiger partial charge on any atom is -0.344 e. The summed E-state index contributed by atoms with van der Waals surface area (Å²) < 4.78 is 107. The Balaban J connectivity index is 1.29. The van der Waals surface area contributed by atoms with Crippen LogP contribution in [-0.4, -0.2) is 73.8 Å². The molecule has 0 spiro atoms. The molecule has 0 saturated carbocycles. The van der Waals surface area contributed by atoms with Gasteiger partial charge >= 0.3 is 0 Å². The molecule has 0 aromatic heterocycles. The molecule has 0 saturated heterocycles. The van der Waals surface area contributed by atoms with Crippen molar-refractivity contribution in [2.75, 3.05) is 23.7 Å². The summed E-state index contributed by atoms with van der Waals surface area (Å²) in [6.07, 6.45) is 22.0. The van der Waals surface area contributed by atoms with Gasteiger partial charge in [-0.1, -0.05) is 75.7 Å². The van der Waals surface area contributed by atoms with Gasteiger partial charge in [0.05, 0.1) is 16.1 Å². The van der Waals surface area contributed by atoms with Crippen molar-refractivity contribution >= 4 is 80.3 Å². The predicted octanol–water partition coefficient (Wildman–Crippen LogP) is 13.1. The van der Waals surface area contributed by atoms with Crippen molar-refractivity contribution in [2.45, 2.75) is 146 Å². The molecular weight excluding hydrogens is 1030 g/mol. The summed E-state index contributed by atoms with van der Waals surface area (Å²) in [6.45, 7) is 15.5. The first-order valence-electron chi connectivity index (χ1n) is 26.6. The van der Waals surface area contributed by atoms with Gasteiger partial charge in [0, 0.05) is 72.1 Å². The number of ketones is 1. The smallest absolute Gasteiger partial charge is 0.295 e. The minimum absolute atomic E-state index is 0.124. The average molecular weight is 1100 g/mol. The normalized spacial score (nSPS) is 17.6. The molecular formula is C62H71N2O10S3+. The van der Waals surface area contributed by atoms with E-state index in [4.69, 9.17) is 6.42 Å². The van der Waals surface area contributed by atoms with E-state index < -0.39 is 41.2 Å². The maximum atomic E-state index is 12.8. The second-order valence-corrected chi connectivity index (χ2v) is 26.4. The number of anilines is 1. The second kappa shape index (κ2) is 22.4. The van der Waals surface area contributed by atoms with Gasteiger partial charge in [0.1, 0.15) is 17.2 Å². The van der Waals surface area contributed by atoms with E-state index >= 15 is 0 Å². The van der Waals surface area contributed by atoms with E-state index in [9.17, 15) is 43.7 Å². The summed E-state index contributed by atoms with van der Waals surface area (Å²) in [4.78, 5) is 14.5. The number of fused-ring (bicyclic) bond motifs is 6. The lowest BCUT2D eigenvalue weighted by atomic mass is 9.78. The molecule has 0 atom stereocenters. The molecule has 0 radical (unpaired) electrons. The molecule has 5 aromatic carbocycles. The van der Waals surface area contributed by atoms with Crippen LogP contribution in [-0.2, 0) is 52.4 Å². The summed E-state index contributed by atoms with van der Waals surface area (Å²) in [7, 11) is -13.3. The van der Waals surface area contributed by atoms with E-state index in [1.54, 1.807) is 19.1 Å². The van der Waals surface area contributed by atoms with Crippen LogP contribution in [0.3, 0.4) is 0 Å². The van der Waals surface area contributed by atoms with Crippen LogP contribution in [0.15, 0.2) is 124 Å². The molecule has 0 unspecified atom stereocenters. The first kappa shape index (κ1) is 57.2. The minimum atomic E-state index is -4.58. The molecule has 1 aliphatic carbocycles. The Kier molecular flexibility index (Phi) is 16.6. The number of benzene rings is 5. The van der Waals surface area contributed by atoms with E-state index in [2.05, 4.69) is 105 Å². The number of hydrogen-bond acceptors (Lipinski definition) is 8. The van der Waals surface area contributed by atoms with E-state index in [1.165, 1.54) is 12.1 Å². The Morgan fingerprint density at radius 3 is 2.14 bits per heavy atom. The zero-order valence-electron chi connectivity index (χ0n) is 45.2. The summed E-state index contributed by atoms with van der Waals surface area (Å²) in [5, 5.41) is 2.78. The SMILES string of the molecule is C#CCCC(=O)CCc1ccc(C2=C(/C=C/C3=[N+](CCCCC)c4ccc5c(C)cc(S(=O)(=O)O)cc5c4C3(C)C)CCC/C2=C\C=C2\N(CCCCS(=O)(=O)O)c3ccc4c(S(=O)(=O)O)cc(C)cc4c3C2(C)C)cc1. The highest BCUT2D eigenvalue weighted by Crippen LogP contribution is 2.52. The Labute approximate surface area is 455 Å². The molecule has 3 N–H and O–H groups in total.